The third kappa shape index (κ3) is 6.81. The molecule has 0 aliphatic carbocycles. The van der Waals surface area contributed by atoms with Crippen molar-refractivity contribution in [3.05, 3.63) is 71.1 Å². The Morgan fingerprint density at radius 2 is 1.73 bits per heavy atom. The molecule has 0 unspecified atom stereocenters. The smallest absolute Gasteiger partial charge is 0.338 e. The number of carbonyl (C=O) groups excluding carboxylic acids is 3. The highest BCUT2D eigenvalue weighted by molar-refractivity contribution is 7.14. The van der Waals surface area contributed by atoms with Gasteiger partial charge in [0.2, 0.25) is 0 Å². The predicted molar refractivity (Wildman–Crippen MR) is 122 cm³/mol. The summed E-state index contributed by atoms with van der Waals surface area (Å²) in [6, 6.07) is 16.4. The van der Waals surface area contributed by atoms with Gasteiger partial charge in [-0.3, -0.25) is 9.59 Å². The molecule has 0 saturated heterocycles. The number of benzene rings is 2. The number of hydrogen-bond acceptors (Lipinski definition) is 8. The highest BCUT2D eigenvalue weighted by Crippen LogP contribution is 2.22. The second-order valence-electron chi connectivity index (χ2n) is 6.49. The van der Waals surface area contributed by atoms with Crippen LogP contribution in [-0.4, -0.2) is 38.1 Å². The van der Waals surface area contributed by atoms with Gasteiger partial charge in [-0.2, -0.15) is 5.26 Å². The first-order chi connectivity index (χ1) is 16.0. The molecule has 2 amide bonds. The van der Waals surface area contributed by atoms with Crippen LogP contribution in [0.25, 0.3) is 0 Å². The molecule has 2 aromatic carbocycles. The van der Waals surface area contributed by atoms with Crippen LogP contribution in [0.5, 0.6) is 11.5 Å². The molecule has 9 nitrogen and oxygen atoms in total. The number of rotatable bonds is 9. The van der Waals surface area contributed by atoms with Crippen molar-refractivity contribution in [1.82, 2.24) is 0 Å². The van der Waals surface area contributed by atoms with Crippen molar-refractivity contribution in [3.63, 3.8) is 0 Å². The standard InChI is InChI=1S/C23H19N3O6S/c1-30-19-4-2-3-17(11-19)25-20(27)13-31-18-7-5-15(6-8-18)23(29)32-14-21(28)26-22-16(12-24)9-10-33-22/h2-11H,13-14H2,1H3,(H,25,27)(H,26,28). The van der Waals surface area contributed by atoms with Crippen LogP contribution >= 0.6 is 11.3 Å². The minimum atomic E-state index is -0.695. The van der Waals surface area contributed by atoms with Crippen molar-refractivity contribution in [2.45, 2.75) is 0 Å². The van der Waals surface area contributed by atoms with E-state index in [4.69, 9.17) is 19.5 Å². The van der Waals surface area contributed by atoms with Crippen molar-refractivity contribution in [2.75, 3.05) is 31.0 Å². The van der Waals surface area contributed by atoms with E-state index in [0.717, 1.165) is 0 Å². The lowest BCUT2D eigenvalue weighted by atomic mass is 10.2. The Kier molecular flexibility index (Phi) is 7.99. The minimum absolute atomic E-state index is 0.213. The van der Waals surface area contributed by atoms with Gasteiger partial charge in [-0.15, -0.1) is 11.3 Å². The van der Waals surface area contributed by atoms with Gasteiger partial charge in [0, 0.05) is 11.8 Å². The van der Waals surface area contributed by atoms with E-state index in [0.29, 0.717) is 27.8 Å². The molecule has 0 saturated carbocycles. The van der Waals surface area contributed by atoms with E-state index in [-0.39, 0.29) is 18.1 Å². The molecular weight excluding hydrogens is 446 g/mol. The van der Waals surface area contributed by atoms with Gasteiger partial charge in [0.25, 0.3) is 11.8 Å². The number of nitriles is 1. The van der Waals surface area contributed by atoms with Gasteiger partial charge in [0.1, 0.15) is 22.6 Å². The third-order valence-electron chi connectivity index (χ3n) is 4.19. The monoisotopic (exact) mass is 465 g/mol. The molecule has 0 bridgehead atoms. The Balaban J connectivity index is 1.44. The predicted octanol–water partition coefficient (Wildman–Crippen LogP) is 3.44. The minimum Gasteiger partial charge on any atom is -0.497 e. The van der Waals surface area contributed by atoms with Gasteiger partial charge in [-0.05, 0) is 47.8 Å². The first-order valence-corrected chi connectivity index (χ1v) is 10.5. The SMILES string of the molecule is COc1cccc(NC(=O)COc2ccc(C(=O)OCC(=O)Nc3sccc3C#N)cc2)c1. The average Bonchev–Trinajstić information content (AvgIpc) is 3.28. The summed E-state index contributed by atoms with van der Waals surface area (Å²) in [6.45, 7) is -0.723. The fourth-order valence-electron chi connectivity index (χ4n) is 2.61. The summed E-state index contributed by atoms with van der Waals surface area (Å²) in [5.74, 6) is -0.606. The fraction of sp³-hybridized carbons (Fsp3) is 0.130. The maximum atomic E-state index is 12.1. The number of esters is 1. The number of nitrogens with one attached hydrogen (secondary N) is 2. The molecule has 1 heterocycles. The van der Waals surface area contributed by atoms with Crippen LogP contribution in [0.2, 0.25) is 0 Å². The first kappa shape index (κ1) is 23.3. The fourth-order valence-corrected chi connectivity index (χ4v) is 3.36. The Morgan fingerprint density at radius 1 is 0.970 bits per heavy atom. The zero-order valence-corrected chi connectivity index (χ0v) is 18.3. The van der Waals surface area contributed by atoms with Gasteiger partial charge < -0.3 is 24.8 Å². The van der Waals surface area contributed by atoms with Crippen LogP contribution in [0.3, 0.4) is 0 Å². The Morgan fingerprint density at radius 3 is 2.45 bits per heavy atom. The van der Waals surface area contributed by atoms with Crippen molar-refractivity contribution in [3.8, 4) is 17.6 Å². The maximum Gasteiger partial charge on any atom is 0.338 e. The summed E-state index contributed by atoms with van der Waals surface area (Å²) in [5, 5.41) is 16.2. The van der Waals surface area contributed by atoms with Crippen LogP contribution < -0.4 is 20.1 Å². The third-order valence-corrected chi connectivity index (χ3v) is 5.02. The van der Waals surface area contributed by atoms with Gasteiger partial charge in [-0.1, -0.05) is 6.07 Å². The number of thiophene rings is 1. The summed E-state index contributed by atoms with van der Waals surface area (Å²) in [5.41, 5.74) is 1.13. The molecular formula is C23H19N3O6S. The maximum absolute atomic E-state index is 12.1. The highest BCUT2D eigenvalue weighted by atomic mass is 32.1. The lowest BCUT2D eigenvalue weighted by molar-refractivity contribution is -0.119. The molecule has 0 aliphatic rings. The lowest BCUT2D eigenvalue weighted by Gasteiger charge is -2.09. The van der Waals surface area contributed by atoms with Gasteiger partial charge in [-0.25, -0.2) is 4.79 Å². The Labute approximate surface area is 193 Å². The van der Waals surface area contributed by atoms with Crippen LogP contribution in [0.1, 0.15) is 15.9 Å². The van der Waals surface area contributed by atoms with E-state index < -0.39 is 18.5 Å². The van der Waals surface area contributed by atoms with Crippen LogP contribution in [0, 0.1) is 11.3 Å². The van der Waals surface area contributed by atoms with Crippen LogP contribution in [0.4, 0.5) is 10.7 Å². The summed E-state index contributed by atoms with van der Waals surface area (Å²) in [6.07, 6.45) is 0. The van der Waals surface area contributed by atoms with Crippen molar-refractivity contribution in [1.29, 1.82) is 5.26 Å². The molecule has 168 valence electrons. The second-order valence-corrected chi connectivity index (χ2v) is 7.41. The molecule has 33 heavy (non-hydrogen) atoms. The van der Waals surface area contributed by atoms with Crippen LogP contribution in [0.15, 0.2) is 60.0 Å². The molecule has 1 aromatic heterocycles. The number of anilines is 2. The van der Waals surface area contributed by atoms with E-state index in [1.165, 1.54) is 42.7 Å². The molecule has 0 radical (unpaired) electrons. The Hall–Kier alpha value is -4.36. The normalized spacial score (nSPS) is 9.94. The number of carbonyl (C=O) groups is 3. The van der Waals surface area contributed by atoms with E-state index in [2.05, 4.69) is 10.6 Å². The molecule has 2 N–H and O–H groups in total. The van der Waals surface area contributed by atoms with E-state index in [1.54, 1.807) is 35.7 Å². The number of amides is 2. The van der Waals surface area contributed by atoms with E-state index in [9.17, 15) is 14.4 Å². The van der Waals surface area contributed by atoms with Crippen molar-refractivity contribution in [2.24, 2.45) is 0 Å². The van der Waals surface area contributed by atoms with E-state index in [1.807, 2.05) is 6.07 Å². The van der Waals surface area contributed by atoms with Gasteiger partial charge >= 0.3 is 5.97 Å². The average molecular weight is 465 g/mol. The largest absolute Gasteiger partial charge is 0.497 e. The number of nitrogens with zero attached hydrogens (tertiary/aromatic N) is 1. The summed E-state index contributed by atoms with van der Waals surface area (Å²) in [4.78, 5) is 36.1. The zero-order valence-electron chi connectivity index (χ0n) is 17.5. The van der Waals surface area contributed by atoms with Crippen LogP contribution in [-0.2, 0) is 14.3 Å². The molecule has 10 heteroatoms. The lowest BCUT2D eigenvalue weighted by Crippen LogP contribution is -2.21. The number of hydrogen-bond donors (Lipinski definition) is 2. The molecule has 0 atom stereocenters. The zero-order chi connectivity index (χ0) is 23.6. The van der Waals surface area contributed by atoms with E-state index >= 15 is 0 Å². The number of methoxy groups -OCH3 is 1. The van der Waals surface area contributed by atoms with Gasteiger partial charge in [0.05, 0.1) is 18.2 Å². The first-order valence-electron chi connectivity index (χ1n) is 9.60. The topological polar surface area (TPSA) is 127 Å². The summed E-state index contributed by atoms with van der Waals surface area (Å²) in [7, 11) is 1.54. The summed E-state index contributed by atoms with van der Waals surface area (Å²) >= 11 is 1.20. The number of ether oxygens (including phenoxy) is 3. The molecule has 0 spiro atoms. The molecule has 3 aromatic rings. The highest BCUT2D eigenvalue weighted by Gasteiger charge is 2.13. The molecule has 0 fully saturated rings. The van der Waals surface area contributed by atoms with Crippen molar-refractivity contribution >= 4 is 39.8 Å². The Bertz CT molecular complexity index is 1180. The van der Waals surface area contributed by atoms with Gasteiger partial charge in [0.15, 0.2) is 13.2 Å². The second kappa shape index (κ2) is 11.3. The molecule has 0 aliphatic heterocycles. The molecule has 3 rings (SSSR count). The summed E-state index contributed by atoms with van der Waals surface area (Å²) < 4.78 is 15.5. The van der Waals surface area contributed by atoms with Crippen molar-refractivity contribution < 1.29 is 28.6 Å². The quantitative estimate of drug-likeness (QED) is 0.464.